The molecule has 13 heteroatoms. The number of oxime groups is 1. The van der Waals surface area contributed by atoms with Crippen molar-refractivity contribution >= 4 is 50.2 Å². The van der Waals surface area contributed by atoms with Gasteiger partial charge >= 0.3 is 6.03 Å². The predicted octanol–water partition coefficient (Wildman–Crippen LogP) is 1.97. The van der Waals surface area contributed by atoms with E-state index in [4.69, 9.17) is 16.4 Å². The summed E-state index contributed by atoms with van der Waals surface area (Å²) in [5.74, 6) is 0.643. The van der Waals surface area contributed by atoms with Crippen LogP contribution in [0.3, 0.4) is 0 Å². The van der Waals surface area contributed by atoms with E-state index in [2.05, 4.69) is 10.1 Å². The molecule has 7 rings (SSSR count). The number of halogens is 1. The smallest absolute Gasteiger partial charge is 0.322 e. The predicted molar refractivity (Wildman–Crippen MR) is 144 cm³/mol. The lowest BCUT2D eigenvalue weighted by Gasteiger charge is -2.48. The van der Waals surface area contributed by atoms with Gasteiger partial charge < -0.3 is 19.5 Å². The summed E-state index contributed by atoms with van der Waals surface area (Å²) in [6, 6.07) is 10.00. The normalized spacial score (nSPS) is 26.9. The highest BCUT2D eigenvalue weighted by Gasteiger charge is 2.69. The lowest BCUT2D eigenvalue weighted by atomic mass is 9.86. The first kappa shape index (κ1) is 24.9. The summed E-state index contributed by atoms with van der Waals surface area (Å²) < 4.78 is 29.1. The standard InChI is InChI=1S/C26H29ClN6O5S/c1-29-16-26-17-31(39(36,37)21-5-3-18-12-20(27)4-2-19(18)13-21)14-23(34)32(26)15-25(33(26)24(29)35)7-9-30(10-8-25)22-6-11-38-28-22/h2-5,12-13H,6-11,14-17H2,1H3. The molecule has 1 unspecified atom stereocenters. The minimum Gasteiger partial charge on any atom is -0.394 e. The summed E-state index contributed by atoms with van der Waals surface area (Å²) in [7, 11) is -2.30. The van der Waals surface area contributed by atoms with E-state index in [1.165, 1.54) is 4.31 Å². The Morgan fingerprint density at radius 1 is 1.00 bits per heavy atom. The molecule has 2 aromatic carbocycles. The van der Waals surface area contributed by atoms with Crippen molar-refractivity contribution in [3.63, 3.8) is 0 Å². The van der Waals surface area contributed by atoms with Gasteiger partial charge in [-0.3, -0.25) is 9.69 Å². The summed E-state index contributed by atoms with van der Waals surface area (Å²) >= 11 is 6.10. The maximum absolute atomic E-state index is 13.9. The number of urea groups is 1. The molecule has 3 amide bonds. The van der Waals surface area contributed by atoms with E-state index >= 15 is 0 Å². The van der Waals surface area contributed by atoms with Crippen LogP contribution in [0.2, 0.25) is 5.02 Å². The molecule has 5 heterocycles. The SMILES string of the molecule is CN1CC23CN(S(=O)(=O)c4ccc5cc(Cl)ccc5c4)CC(=O)N2CC2(CCN(C4=NOCC4)CC2)N3C1=O. The van der Waals surface area contributed by atoms with Crippen molar-refractivity contribution in [2.75, 3.05) is 52.9 Å². The van der Waals surface area contributed by atoms with Crippen LogP contribution < -0.4 is 0 Å². The van der Waals surface area contributed by atoms with Gasteiger partial charge in [-0.2, -0.15) is 4.31 Å². The van der Waals surface area contributed by atoms with Crippen molar-refractivity contribution in [1.29, 1.82) is 0 Å². The maximum Gasteiger partial charge on any atom is 0.322 e. The van der Waals surface area contributed by atoms with Crippen LogP contribution in [0.25, 0.3) is 10.8 Å². The molecule has 0 aliphatic carbocycles. The van der Waals surface area contributed by atoms with Crippen LogP contribution >= 0.6 is 11.6 Å². The third-order valence-corrected chi connectivity index (χ3v) is 11.0. The molecule has 2 aromatic rings. The Hall–Kier alpha value is -3.09. The number of carbonyl (C=O) groups is 2. The van der Waals surface area contributed by atoms with E-state index in [0.29, 0.717) is 44.1 Å². The van der Waals surface area contributed by atoms with Gasteiger partial charge in [0.05, 0.1) is 30.1 Å². The molecule has 2 spiro atoms. The Balaban J connectivity index is 1.22. The zero-order valence-corrected chi connectivity index (χ0v) is 23.1. The fraction of sp³-hybridized carbons (Fsp3) is 0.500. The molecule has 0 saturated carbocycles. The van der Waals surface area contributed by atoms with Crippen LogP contribution in [-0.2, 0) is 19.7 Å². The number of sulfonamides is 1. The molecule has 0 radical (unpaired) electrons. The number of fused-ring (bicyclic) bond motifs is 2. The number of hydrogen-bond donors (Lipinski definition) is 0. The van der Waals surface area contributed by atoms with E-state index in [1.54, 1.807) is 53.2 Å². The van der Waals surface area contributed by atoms with Gasteiger partial charge in [-0.15, -0.1) is 0 Å². The number of likely N-dealkylation sites (N-methyl/N-ethyl adjacent to an activating group) is 1. The van der Waals surface area contributed by atoms with Crippen molar-refractivity contribution in [3.05, 3.63) is 41.4 Å². The highest BCUT2D eigenvalue weighted by molar-refractivity contribution is 7.89. The summed E-state index contributed by atoms with van der Waals surface area (Å²) in [5, 5.41) is 6.29. The first-order valence-corrected chi connectivity index (χ1v) is 14.9. The minimum atomic E-state index is -4.02. The molecule has 11 nitrogen and oxygen atoms in total. The largest absolute Gasteiger partial charge is 0.394 e. The molecular weight excluding hydrogens is 544 g/mol. The number of rotatable bonds is 2. The van der Waals surface area contributed by atoms with Crippen molar-refractivity contribution in [2.45, 2.75) is 35.4 Å². The number of carbonyl (C=O) groups excluding carboxylic acids is 2. The van der Waals surface area contributed by atoms with Crippen LogP contribution in [0.15, 0.2) is 46.4 Å². The third kappa shape index (κ3) is 3.57. The lowest BCUT2D eigenvalue weighted by molar-refractivity contribution is -0.143. The molecule has 5 aliphatic heterocycles. The molecule has 4 fully saturated rings. The van der Waals surface area contributed by atoms with Crippen LogP contribution in [0.4, 0.5) is 4.79 Å². The van der Waals surface area contributed by atoms with Gasteiger partial charge in [-0.1, -0.05) is 28.9 Å². The number of piperidine rings is 1. The molecular formula is C26H29ClN6O5S. The fourth-order valence-electron chi connectivity index (χ4n) is 7.09. The Bertz CT molecular complexity index is 1540. The van der Waals surface area contributed by atoms with E-state index in [0.717, 1.165) is 23.0 Å². The highest BCUT2D eigenvalue weighted by Crippen LogP contribution is 2.50. The number of amides is 3. The number of nitrogens with zero attached hydrogens (tertiary/aromatic N) is 6. The Morgan fingerprint density at radius 2 is 1.74 bits per heavy atom. The Morgan fingerprint density at radius 3 is 2.49 bits per heavy atom. The van der Waals surface area contributed by atoms with Crippen LogP contribution in [-0.4, -0.2) is 114 Å². The average Bonchev–Trinajstić information content (AvgIpc) is 3.60. The van der Waals surface area contributed by atoms with Crippen LogP contribution in [0.1, 0.15) is 19.3 Å². The number of likely N-dealkylation sites (tertiary alicyclic amines) is 1. The van der Waals surface area contributed by atoms with Gasteiger partial charge in [-0.05, 0) is 47.9 Å². The molecule has 0 aromatic heterocycles. The van der Waals surface area contributed by atoms with Crippen molar-refractivity contribution in [3.8, 4) is 0 Å². The quantitative estimate of drug-likeness (QED) is 0.545. The van der Waals surface area contributed by atoms with E-state index in [1.807, 2.05) is 4.90 Å². The molecule has 1 atom stereocenters. The van der Waals surface area contributed by atoms with E-state index in [-0.39, 0.29) is 36.5 Å². The third-order valence-electron chi connectivity index (χ3n) is 8.95. The van der Waals surface area contributed by atoms with Crippen molar-refractivity contribution in [1.82, 2.24) is 23.9 Å². The maximum atomic E-state index is 13.9. The molecule has 0 bridgehead atoms. The molecule has 4 saturated heterocycles. The Labute approximate surface area is 231 Å². The summed E-state index contributed by atoms with van der Waals surface area (Å²) in [6.45, 7) is 2.40. The molecule has 206 valence electrons. The zero-order valence-electron chi connectivity index (χ0n) is 21.5. The van der Waals surface area contributed by atoms with Gasteiger partial charge in [0.25, 0.3) is 0 Å². The second-order valence-corrected chi connectivity index (χ2v) is 13.5. The molecule has 0 N–H and O–H groups in total. The van der Waals surface area contributed by atoms with Crippen LogP contribution in [0, 0.1) is 0 Å². The first-order valence-electron chi connectivity index (χ1n) is 13.1. The van der Waals surface area contributed by atoms with E-state index in [9.17, 15) is 18.0 Å². The van der Waals surface area contributed by atoms with Crippen molar-refractivity contribution < 1.29 is 22.8 Å². The van der Waals surface area contributed by atoms with Gasteiger partial charge in [0.1, 0.15) is 12.4 Å². The van der Waals surface area contributed by atoms with E-state index < -0.39 is 21.2 Å². The minimum absolute atomic E-state index is 0.0296. The van der Waals surface area contributed by atoms with Crippen molar-refractivity contribution in [2.24, 2.45) is 5.16 Å². The highest BCUT2D eigenvalue weighted by atomic mass is 35.5. The molecule has 5 aliphatic rings. The monoisotopic (exact) mass is 572 g/mol. The lowest BCUT2D eigenvalue weighted by Crippen LogP contribution is -2.68. The number of hydrogen-bond acceptors (Lipinski definition) is 7. The number of piperazine rings is 1. The van der Waals surface area contributed by atoms with Gasteiger partial charge in [0, 0.05) is 38.1 Å². The number of amidine groups is 1. The average molecular weight is 573 g/mol. The summed E-state index contributed by atoms with van der Waals surface area (Å²) in [4.78, 5) is 40.0. The van der Waals surface area contributed by atoms with Gasteiger partial charge in [0.15, 0.2) is 5.66 Å². The molecule has 39 heavy (non-hydrogen) atoms. The fourth-order valence-corrected chi connectivity index (χ4v) is 8.74. The van der Waals surface area contributed by atoms with Gasteiger partial charge in [-0.25, -0.2) is 13.2 Å². The second-order valence-electron chi connectivity index (χ2n) is 11.2. The Kier molecular flexibility index (Phi) is 5.40. The topological polar surface area (TPSA) is 106 Å². The zero-order chi connectivity index (χ0) is 27.2. The number of benzene rings is 2. The summed E-state index contributed by atoms with van der Waals surface area (Å²) in [5.41, 5.74) is -1.61. The van der Waals surface area contributed by atoms with Crippen LogP contribution in [0.5, 0.6) is 0 Å². The summed E-state index contributed by atoms with van der Waals surface area (Å²) in [6.07, 6.45) is 2.09. The second kappa shape index (κ2) is 8.45. The first-order chi connectivity index (χ1) is 18.6. The van der Waals surface area contributed by atoms with Gasteiger partial charge in [0.2, 0.25) is 15.9 Å².